The smallest absolute Gasteiger partial charge is 0.0834 e. The van der Waals surface area contributed by atoms with Gasteiger partial charge < -0.3 is 9.84 Å². The number of rotatable bonds is 2. The van der Waals surface area contributed by atoms with Crippen LogP contribution in [0.2, 0.25) is 5.02 Å². The first-order valence-electron chi connectivity index (χ1n) is 7.44. The first-order valence-corrected chi connectivity index (χ1v) is 9.77. The molecule has 2 unspecified atom stereocenters. The van der Waals surface area contributed by atoms with Crippen molar-refractivity contribution in [3.8, 4) is 0 Å². The Morgan fingerprint density at radius 3 is 2.90 bits per heavy atom. The van der Waals surface area contributed by atoms with E-state index in [0.29, 0.717) is 5.02 Å². The number of benzene rings is 1. The molecule has 2 aliphatic heterocycles. The quantitative estimate of drug-likeness (QED) is 0.783. The van der Waals surface area contributed by atoms with Crippen LogP contribution in [0, 0.1) is 5.92 Å². The lowest BCUT2D eigenvalue weighted by molar-refractivity contribution is -0.121. The lowest BCUT2D eigenvalue weighted by Crippen LogP contribution is -2.44. The monoisotopic (exact) mass is 390 g/mol. The highest BCUT2D eigenvalue weighted by atomic mass is 79.9. The standard InChI is InChI=1S/C16H20BrClO2S/c17-12-1-2-14(18)13(9-12)15(19)11-3-6-20-16(10-11)4-7-21-8-5-16/h1-2,9,11,15,19H,3-8,10H2. The lowest BCUT2D eigenvalue weighted by atomic mass is 9.78. The van der Waals surface area contributed by atoms with E-state index in [1.165, 1.54) is 11.5 Å². The predicted molar refractivity (Wildman–Crippen MR) is 92.1 cm³/mol. The first kappa shape index (κ1) is 16.1. The third-order valence-corrected chi connectivity index (χ3v) is 6.48. The predicted octanol–water partition coefficient (Wildman–Crippen LogP) is 4.83. The van der Waals surface area contributed by atoms with Gasteiger partial charge in [0.1, 0.15) is 0 Å². The van der Waals surface area contributed by atoms with Crippen molar-refractivity contribution in [1.82, 2.24) is 0 Å². The van der Waals surface area contributed by atoms with Gasteiger partial charge in [0, 0.05) is 21.7 Å². The Morgan fingerprint density at radius 2 is 2.14 bits per heavy atom. The number of aliphatic hydroxyl groups excluding tert-OH is 1. The Morgan fingerprint density at radius 1 is 1.38 bits per heavy atom. The molecule has 1 aromatic carbocycles. The van der Waals surface area contributed by atoms with Gasteiger partial charge in [-0.3, -0.25) is 0 Å². The molecule has 0 bridgehead atoms. The summed E-state index contributed by atoms with van der Waals surface area (Å²) in [6, 6.07) is 5.69. The average molecular weight is 392 g/mol. The maximum atomic E-state index is 10.8. The molecule has 2 nitrogen and oxygen atoms in total. The molecule has 1 N–H and O–H groups in total. The van der Waals surface area contributed by atoms with Crippen molar-refractivity contribution in [2.24, 2.45) is 5.92 Å². The van der Waals surface area contributed by atoms with Gasteiger partial charge in [0.05, 0.1) is 11.7 Å². The molecule has 0 amide bonds. The van der Waals surface area contributed by atoms with Crippen LogP contribution in [0.5, 0.6) is 0 Å². The minimum Gasteiger partial charge on any atom is -0.388 e. The summed E-state index contributed by atoms with van der Waals surface area (Å²) in [6.07, 6.45) is 3.54. The van der Waals surface area contributed by atoms with Gasteiger partial charge in [-0.25, -0.2) is 0 Å². The molecular weight excluding hydrogens is 372 g/mol. The minimum atomic E-state index is -0.509. The molecule has 2 atom stereocenters. The Labute approximate surface area is 143 Å². The normalized spacial score (nSPS) is 26.7. The molecule has 2 aliphatic rings. The van der Waals surface area contributed by atoms with Crippen LogP contribution >= 0.6 is 39.3 Å². The molecule has 5 heteroatoms. The maximum Gasteiger partial charge on any atom is 0.0834 e. The van der Waals surface area contributed by atoms with Gasteiger partial charge in [0.25, 0.3) is 0 Å². The summed E-state index contributed by atoms with van der Waals surface area (Å²) >= 11 is 11.7. The zero-order valence-electron chi connectivity index (χ0n) is 11.9. The molecule has 1 aromatic rings. The highest BCUT2D eigenvalue weighted by Gasteiger charge is 2.41. The third-order valence-electron chi connectivity index (χ3n) is 4.66. The van der Waals surface area contributed by atoms with E-state index in [-0.39, 0.29) is 11.5 Å². The van der Waals surface area contributed by atoms with Gasteiger partial charge in [0.2, 0.25) is 0 Å². The number of hydrogen-bond donors (Lipinski definition) is 1. The van der Waals surface area contributed by atoms with E-state index in [0.717, 1.165) is 42.3 Å². The van der Waals surface area contributed by atoms with E-state index in [1.54, 1.807) is 0 Å². The molecule has 3 rings (SSSR count). The van der Waals surface area contributed by atoms with Gasteiger partial charge in [0.15, 0.2) is 0 Å². The van der Waals surface area contributed by atoms with Crippen molar-refractivity contribution in [1.29, 1.82) is 0 Å². The number of hydrogen-bond acceptors (Lipinski definition) is 3. The van der Waals surface area contributed by atoms with E-state index in [2.05, 4.69) is 15.9 Å². The third kappa shape index (κ3) is 3.61. The van der Waals surface area contributed by atoms with Crippen LogP contribution in [0.1, 0.15) is 37.4 Å². The molecule has 0 saturated carbocycles. The van der Waals surface area contributed by atoms with Gasteiger partial charge in [-0.1, -0.05) is 27.5 Å². The van der Waals surface area contributed by atoms with Crippen LogP contribution in [0.25, 0.3) is 0 Å². The fourth-order valence-electron chi connectivity index (χ4n) is 3.42. The van der Waals surface area contributed by atoms with E-state index in [9.17, 15) is 5.11 Å². The van der Waals surface area contributed by atoms with Crippen molar-refractivity contribution >= 4 is 39.3 Å². The molecule has 2 fully saturated rings. The fraction of sp³-hybridized carbons (Fsp3) is 0.625. The molecule has 0 radical (unpaired) electrons. The molecule has 21 heavy (non-hydrogen) atoms. The van der Waals surface area contributed by atoms with Crippen LogP contribution in [-0.4, -0.2) is 28.8 Å². The molecule has 0 aromatic heterocycles. The van der Waals surface area contributed by atoms with Crippen LogP contribution in [0.4, 0.5) is 0 Å². The highest BCUT2D eigenvalue weighted by Crippen LogP contribution is 2.44. The highest BCUT2D eigenvalue weighted by molar-refractivity contribution is 9.10. The number of thioether (sulfide) groups is 1. The van der Waals surface area contributed by atoms with Gasteiger partial charge >= 0.3 is 0 Å². The van der Waals surface area contributed by atoms with Gasteiger partial charge in [-0.15, -0.1) is 0 Å². The lowest BCUT2D eigenvalue weighted by Gasteiger charge is -2.44. The van der Waals surface area contributed by atoms with Crippen molar-refractivity contribution in [3.05, 3.63) is 33.3 Å². The Balaban J connectivity index is 1.77. The van der Waals surface area contributed by atoms with Crippen LogP contribution < -0.4 is 0 Å². The summed E-state index contributed by atoms with van der Waals surface area (Å²) < 4.78 is 7.07. The first-order chi connectivity index (χ1) is 10.1. The second-order valence-electron chi connectivity index (χ2n) is 6.01. The van der Waals surface area contributed by atoms with Gasteiger partial charge in [-0.2, -0.15) is 11.8 Å². The van der Waals surface area contributed by atoms with Crippen LogP contribution in [0.3, 0.4) is 0 Å². The maximum absolute atomic E-state index is 10.8. The molecular formula is C16H20BrClO2S. The fourth-order valence-corrected chi connectivity index (χ4v) is 5.27. The van der Waals surface area contributed by atoms with E-state index >= 15 is 0 Å². The zero-order chi connectivity index (χ0) is 14.9. The van der Waals surface area contributed by atoms with Crippen molar-refractivity contribution in [2.45, 2.75) is 37.4 Å². The number of aliphatic hydroxyl groups is 1. The summed E-state index contributed by atoms with van der Waals surface area (Å²) in [4.78, 5) is 0. The van der Waals surface area contributed by atoms with E-state index in [1.807, 2.05) is 30.0 Å². The number of halogens is 2. The van der Waals surface area contributed by atoms with E-state index < -0.39 is 6.10 Å². The second kappa shape index (κ2) is 6.79. The van der Waals surface area contributed by atoms with E-state index in [4.69, 9.17) is 16.3 Å². The van der Waals surface area contributed by atoms with Crippen molar-refractivity contribution < 1.29 is 9.84 Å². The summed E-state index contributed by atoms with van der Waals surface area (Å²) in [7, 11) is 0. The summed E-state index contributed by atoms with van der Waals surface area (Å²) in [5.41, 5.74) is 0.825. The van der Waals surface area contributed by atoms with Gasteiger partial charge in [-0.05, 0) is 61.3 Å². The molecule has 2 heterocycles. The van der Waals surface area contributed by atoms with Crippen molar-refractivity contribution in [3.63, 3.8) is 0 Å². The second-order valence-corrected chi connectivity index (χ2v) is 8.56. The summed E-state index contributed by atoms with van der Waals surface area (Å²) in [5.74, 6) is 2.56. The molecule has 116 valence electrons. The summed E-state index contributed by atoms with van der Waals surface area (Å²) in [5, 5.41) is 11.4. The molecule has 1 spiro atoms. The Hall–Kier alpha value is 0.260. The topological polar surface area (TPSA) is 29.5 Å². The molecule has 2 saturated heterocycles. The summed E-state index contributed by atoms with van der Waals surface area (Å²) in [6.45, 7) is 0.748. The largest absolute Gasteiger partial charge is 0.388 e. The SMILES string of the molecule is OC(c1cc(Br)ccc1Cl)C1CCOC2(CCSCC2)C1. The Bertz CT molecular complexity index is 500. The Kier molecular flexibility index (Phi) is 5.22. The molecule has 0 aliphatic carbocycles. The van der Waals surface area contributed by atoms with Crippen molar-refractivity contribution in [2.75, 3.05) is 18.1 Å². The van der Waals surface area contributed by atoms with Crippen LogP contribution in [0.15, 0.2) is 22.7 Å². The minimum absolute atomic E-state index is 0.00631. The van der Waals surface area contributed by atoms with Crippen LogP contribution in [-0.2, 0) is 4.74 Å². The zero-order valence-corrected chi connectivity index (χ0v) is 15.0. The average Bonchev–Trinajstić information content (AvgIpc) is 2.50. The number of ether oxygens (including phenoxy) is 1.